The summed E-state index contributed by atoms with van der Waals surface area (Å²) in [5.41, 5.74) is 2.83. The van der Waals surface area contributed by atoms with Crippen LogP contribution >= 0.6 is 0 Å². The van der Waals surface area contributed by atoms with Crippen LogP contribution in [0.4, 0.5) is 0 Å². The van der Waals surface area contributed by atoms with E-state index in [-0.39, 0.29) is 23.6 Å². The third-order valence-corrected chi connectivity index (χ3v) is 6.36. The zero-order chi connectivity index (χ0) is 20.4. The number of carbonyl (C=O) groups is 2. The summed E-state index contributed by atoms with van der Waals surface area (Å²) in [6, 6.07) is 6.84. The first kappa shape index (κ1) is 19.7. The van der Waals surface area contributed by atoms with Crippen LogP contribution in [0.25, 0.3) is 0 Å². The quantitative estimate of drug-likeness (QED) is 0.583. The predicted molar refractivity (Wildman–Crippen MR) is 110 cm³/mol. The summed E-state index contributed by atoms with van der Waals surface area (Å²) in [4.78, 5) is 26.2. The lowest BCUT2D eigenvalue weighted by Gasteiger charge is -2.38. The standard InChI is InChI=1S/C24H29NO4/c1-15-21(24(28)29-18-10-4-2-3-5-11-18)22(16-8-6-9-17(26)14-16)23-19(25-15)12-7-13-20(23)27/h6,8-9,14,18,21-22,25-26H,1-5,7,10-13H2. The average molecular weight is 395 g/mol. The number of aromatic hydroxyl groups is 1. The summed E-state index contributed by atoms with van der Waals surface area (Å²) in [5.74, 6) is -1.30. The van der Waals surface area contributed by atoms with Crippen molar-refractivity contribution in [3.8, 4) is 5.75 Å². The highest BCUT2D eigenvalue weighted by Crippen LogP contribution is 2.45. The van der Waals surface area contributed by atoms with E-state index in [1.807, 2.05) is 6.07 Å². The Balaban J connectivity index is 1.70. The molecule has 1 fully saturated rings. The summed E-state index contributed by atoms with van der Waals surface area (Å²) >= 11 is 0. The van der Waals surface area contributed by atoms with Crippen molar-refractivity contribution in [3.63, 3.8) is 0 Å². The summed E-state index contributed by atoms with van der Waals surface area (Å²) in [6.07, 6.45) is 8.26. The first-order chi connectivity index (χ1) is 14.0. The monoisotopic (exact) mass is 395 g/mol. The third-order valence-electron chi connectivity index (χ3n) is 6.36. The number of phenolic OH excluding ortho intramolecular Hbond substituents is 1. The number of allylic oxidation sites excluding steroid dienone is 2. The highest BCUT2D eigenvalue weighted by atomic mass is 16.5. The van der Waals surface area contributed by atoms with Crippen LogP contribution in [0.5, 0.6) is 5.75 Å². The Kier molecular flexibility index (Phi) is 5.74. The van der Waals surface area contributed by atoms with Crippen molar-refractivity contribution in [2.24, 2.45) is 5.92 Å². The molecule has 0 saturated heterocycles. The molecule has 29 heavy (non-hydrogen) atoms. The molecule has 0 radical (unpaired) electrons. The minimum atomic E-state index is -0.680. The molecular weight excluding hydrogens is 366 g/mol. The van der Waals surface area contributed by atoms with E-state index >= 15 is 0 Å². The molecule has 4 rings (SSSR count). The first-order valence-corrected chi connectivity index (χ1v) is 10.8. The van der Waals surface area contributed by atoms with Crippen LogP contribution < -0.4 is 5.32 Å². The van der Waals surface area contributed by atoms with E-state index in [1.54, 1.807) is 18.2 Å². The van der Waals surface area contributed by atoms with E-state index in [0.717, 1.165) is 49.8 Å². The number of Topliss-reactive ketones (excluding diaryl/α,β-unsaturated/α-hetero) is 1. The van der Waals surface area contributed by atoms with Crippen LogP contribution in [0.3, 0.4) is 0 Å². The number of ether oxygens (including phenoxy) is 1. The first-order valence-electron chi connectivity index (χ1n) is 10.8. The molecule has 154 valence electrons. The van der Waals surface area contributed by atoms with E-state index in [9.17, 15) is 14.7 Å². The highest BCUT2D eigenvalue weighted by molar-refractivity contribution is 6.00. The molecule has 0 spiro atoms. The van der Waals surface area contributed by atoms with Gasteiger partial charge in [0, 0.05) is 29.3 Å². The molecule has 0 bridgehead atoms. The minimum Gasteiger partial charge on any atom is -0.508 e. The van der Waals surface area contributed by atoms with Crippen molar-refractivity contribution in [3.05, 3.63) is 53.4 Å². The Morgan fingerprint density at radius 2 is 1.86 bits per heavy atom. The molecule has 2 aliphatic carbocycles. The number of benzene rings is 1. The van der Waals surface area contributed by atoms with Crippen LogP contribution in [-0.2, 0) is 14.3 Å². The molecule has 1 aliphatic heterocycles. The summed E-state index contributed by atoms with van der Waals surface area (Å²) in [6.45, 7) is 4.12. The minimum absolute atomic E-state index is 0.0619. The van der Waals surface area contributed by atoms with Gasteiger partial charge in [0.25, 0.3) is 0 Å². The maximum absolute atomic E-state index is 13.3. The molecule has 1 aromatic rings. The second kappa shape index (κ2) is 8.44. The predicted octanol–water partition coefficient (Wildman–Crippen LogP) is 4.48. The van der Waals surface area contributed by atoms with Gasteiger partial charge in [0.1, 0.15) is 17.8 Å². The number of phenols is 1. The number of esters is 1. The Bertz CT molecular complexity index is 848. The Morgan fingerprint density at radius 3 is 2.59 bits per heavy atom. The summed E-state index contributed by atoms with van der Waals surface area (Å²) in [5, 5.41) is 13.3. The van der Waals surface area contributed by atoms with Crippen molar-refractivity contribution >= 4 is 11.8 Å². The Hall–Kier alpha value is -2.56. The summed E-state index contributed by atoms with van der Waals surface area (Å²) < 4.78 is 5.94. The van der Waals surface area contributed by atoms with Crippen LogP contribution in [-0.4, -0.2) is 23.0 Å². The van der Waals surface area contributed by atoms with Gasteiger partial charge in [-0.05, 0) is 56.2 Å². The molecule has 3 aliphatic rings. The van der Waals surface area contributed by atoms with Gasteiger partial charge in [0.2, 0.25) is 0 Å². The van der Waals surface area contributed by atoms with Crippen molar-refractivity contribution in [2.75, 3.05) is 0 Å². The number of ketones is 1. The SMILES string of the molecule is C=C1NC2=C(C(=O)CCC2)C(c2cccc(O)c2)C1C(=O)OC1CCCCCC1. The second-order valence-electron chi connectivity index (χ2n) is 8.42. The van der Waals surface area contributed by atoms with Gasteiger partial charge >= 0.3 is 5.97 Å². The van der Waals surface area contributed by atoms with Crippen molar-refractivity contribution in [2.45, 2.75) is 69.8 Å². The molecule has 1 heterocycles. The zero-order valence-corrected chi connectivity index (χ0v) is 16.8. The molecule has 0 amide bonds. The summed E-state index contributed by atoms with van der Waals surface area (Å²) in [7, 11) is 0. The molecule has 1 aromatic carbocycles. The van der Waals surface area contributed by atoms with E-state index in [4.69, 9.17) is 4.74 Å². The molecule has 2 unspecified atom stereocenters. The van der Waals surface area contributed by atoms with Crippen LogP contribution in [0.15, 0.2) is 47.8 Å². The van der Waals surface area contributed by atoms with Gasteiger partial charge in [0.15, 0.2) is 5.78 Å². The van der Waals surface area contributed by atoms with E-state index in [0.29, 0.717) is 17.7 Å². The van der Waals surface area contributed by atoms with Gasteiger partial charge in [-0.1, -0.05) is 31.6 Å². The van der Waals surface area contributed by atoms with Crippen molar-refractivity contribution in [1.29, 1.82) is 0 Å². The second-order valence-corrected chi connectivity index (χ2v) is 8.42. The maximum Gasteiger partial charge on any atom is 0.316 e. The van der Waals surface area contributed by atoms with Gasteiger partial charge in [0.05, 0.1) is 0 Å². The number of hydrogen-bond donors (Lipinski definition) is 2. The number of nitrogens with one attached hydrogen (secondary N) is 1. The van der Waals surface area contributed by atoms with Gasteiger partial charge in [-0.25, -0.2) is 0 Å². The Labute approximate surface area is 171 Å². The van der Waals surface area contributed by atoms with Gasteiger partial charge in [-0.3, -0.25) is 9.59 Å². The third kappa shape index (κ3) is 4.09. The van der Waals surface area contributed by atoms with E-state index in [2.05, 4.69) is 11.9 Å². The lowest BCUT2D eigenvalue weighted by molar-refractivity contribution is -0.154. The maximum atomic E-state index is 13.3. The number of carbonyl (C=O) groups excluding carboxylic acids is 2. The van der Waals surface area contributed by atoms with Crippen LogP contribution in [0.2, 0.25) is 0 Å². The Morgan fingerprint density at radius 1 is 1.10 bits per heavy atom. The van der Waals surface area contributed by atoms with Crippen LogP contribution in [0, 0.1) is 5.92 Å². The topological polar surface area (TPSA) is 75.6 Å². The normalized spacial score (nSPS) is 25.8. The lowest BCUT2D eigenvalue weighted by atomic mass is 9.71. The van der Waals surface area contributed by atoms with Crippen molar-refractivity contribution < 1.29 is 19.4 Å². The fourth-order valence-electron chi connectivity index (χ4n) is 4.95. The molecule has 5 nitrogen and oxygen atoms in total. The molecule has 2 N–H and O–H groups in total. The van der Waals surface area contributed by atoms with E-state index < -0.39 is 11.8 Å². The smallest absolute Gasteiger partial charge is 0.316 e. The molecule has 2 atom stereocenters. The van der Waals surface area contributed by atoms with Gasteiger partial charge < -0.3 is 15.2 Å². The van der Waals surface area contributed by atoms with Gasteiger partial charge in [-0.15, -0.1) is 0 Å². The number of hydrogen-bond acceptors (Lipinski definition) is 5. The van der Waals surface area contributed by atoms with Gasteiger partial charge in [-0.2, -0.15) is 0 Å². The molecule has 1 saturated carbocycles. The largest absolute Gasteiger partial charge is 0.508 e. The average Bonchev–Trinajstić information content (AvgIpc) is 2.95. The molecular formula is C24H29NO4. The fourth-order valence-corrected chi connectivity index (χ4v) is 4.95. The number of rotatable bonds is 3. The fraction of sp³-hybridized carbons (Fsp3) is 0.500. The molecule has 5 heteroatoms. The highest BCUT2D eigenvalue weighted by Gasteiger charge is 2.44. The van der Waals surface area contributed by atoms with Crippen LogP contribution in [0.1, 0.15) is 69.3 Å². The zero-order valence-electron chi connectivity index (χ0n) is 16.8. The van der Waals surface area contributed by atoms with E-state index in [1.165, 1.54) is 12.8 Å². The van der Waals surface area contributed by atoms with Crippen molar-refractivity contribution in [1.82, 2.24) is 5.32 Å². The molecule has 0 aromatic heterocycles. The lowest BCUT2D eigenvalue weighted by Crippen LogP contribution is -2.42.